The van der Waals surface area contributed by atoms with E-state index in [1.54, 1.807) is 0 Å². The molecule has 1 rings (SSSR count). The summed E-state index contributed by atoms with van der Waals surface area (Å²) in [4.78, 5) is 0. The minimum atomic E-state index is -0.896. The molecule has 0 aromatic heterocycles. The standard InChI is InChI=1S/C6H13FN2/c1-5(7)6(8)2-3-9-4-6/h5,9H,2-4,8H2,1H3. The molecule has 0 amide bonds. The van der Waals surface area contributed by atoms with Gasteiger partial charge in [0.1, 0.15) is 6.17 Å². The third kappa shape index (κ3) is 1.22. The molecule has 0 aromatic rings. The van der Waals surface area contributed by atoms with Crippen molar-refractivity contribution in [2.45, 2.75) is 25.1 Å². The van der Waals surface area contributed by atoms with Gasteiger partial charge in [0.15, 0.2) is 0 Å². The van der Waals surface area contributed by atoms with E-state index in [1.807, 2.05) is 0 Å². The molecule has 1 heterocycles. The molecule has 2 nitrogen and oxygen atoms in total. The summed E-state index contributed by atoms with van der Waals surface area (Å²) in [5.41, 5.74) is 5.08. The van der Waals surface area contributed by atoms with Gasteiger partial charge in [-0.05, 0) is 19.9 Å². The van der Waals surface area contributed by atoms with Gasteiger partial charge in [0, 0.05) is 6.54 Å². The number of nitrogens with one attached hydrogen (secondary N) is 1. The molecule has 9 heavy (non-hydrogen) atoms. The quantitative estimate of drug-likeness (QED) is 0.528. The van der Waals surface area contributed by atoms with Gasteiger partial charge in [-0.3, -0.25) is 0 Å². The van der Waals surface area contributed by atoms with Crippen LogP contribution in [0.2, 0.25) is 0 Å². The Morgan fingerprint density at radius 2 is 2.44 bits per heavy atom. The molecular weight excluding hydrogens is 119 g/mol. The van der Waals surface area contributed by atoms with Crippen molar-refractivity contribution in [1.82, 2.24) is 5.32 Å². The molecule has 1 fully saturated rings. The molecule has 0 spiro atoms. The first-order chi connectivity index (χ1) is 4.15. The normalized spacial score (nSPS) is 39.0. The van der Waals surface area contributed by atoms with Crippen LogP contribution in [-0.4, -0.2) is 24.8 Å². The fourth-order valence-corrected chi connectivity index (χ4v) is 1.07. The highest BCUT2D eigenvalue weighted by Gasteiger charge is 2.34. The maximum absolute atomic E-state index is 12.6. The van der Waals surface area contributed by atoms with E-state index in [-0.39, 0.29) is 0 Å². The average Bonchev–Trinajstić information content (AvgIpc) is 2.16. The van der Waals surface area contributed by atoms with Gasteiger partial charge in [0.25, 0.3) is 0 Å². The largest absolute Gasteiger partial charge is 0.322 e. The first-order valence-electron chi connectivity index (χ1n) is 3.29. The highest BCUT2D eigenvalue weighted by Crippen LogP contribution is 2.17. The van der Waals surface area contributed by atoms with Crippen LogP contribution >= 0.6 is 0 Å². The third-order valence-corrected chi connectivity index (χ3v) is 2.01. The van der Waals surface area contributed by atoms with Crippen LogP contribution in [0.25, 0.3) is 0 Å². The average molecular weight is 132 g/mol. The number of alkyl halides is 1. The van der Waals surface area contributed by atoms with Crippen molar-refractivity contribution in [3.8, 4) is 0 Å². The lowest BCUT2D eigenvalue weighted by Gasteiger charge is -2.23. The van der Waals surface area contributed by atoms with Gasteiger partial charge in [-0.1, -0.05) is 0 Å². The molecule has 3 N–H and O–H groups in total. The Kier molecular flexibility index (Phi) is 1.73. The molecule has 54 valence electrons. The molecule has 0 radical (unpaired) electrons. The molecule has 2 unspecified atom stereocenters. The Balaban J connectivity index is 2.51. The Morgan fingerprint density at radius 3 is 2.67 bits per heavy atom. The topological polar surface area (TPSA) is 38.0 Å². The molecule has 0 bridgehead atoms. The number of nitrogens with two attached hydrogens (primary N) is 1. The minimum Gasteiger partial charge on any atom is -0.322 e. The zero-order valence-corrected chi connectivity index (χ0v) is 5.65. The predicted octanol–water partition coefficient (Wildman–Crippen LogP) is 0.0352. The summed E-state index contributed by atoms with van der Waals surface area (Å²) in [6, 6.07) is 0. The van der Waals surface area contributed by atoms with Crippen LogP contribution in [0.3, 0.4) is 0 Å². The Hall–Kier alpha value is -0.150. The molecule has 0 saturated carbocycles. The zero-order chi connectivity index (χ0) is 6.91. The van der Waals surface area contributed by atoms with Crippen molar-refractivity contribution in [3.05, 3.63) is 0 Å². The first kappa shape index (κ1) is 6.96. The lowest BCUT2D eigenvalue weighted by molar-refractivity contribution is 0.223. The fourth-order valence-electron chi connectivity index (χ4n) is 1.07. The predicted molar refractivity (Wildman–Crippen MR) is 35.0 cm³/mol. The van der Waals surface area contributed by atoms with Gasteiger partial charge in [-0.15, -0.1) is 0 Å². The zero-order valence-electron chi connectivity index (χ0n) is 5.65. The second-order valence-electron chi connectivity index (χ2n) is 2.78. The summed E-state index contributed by atoms with van der Waals surface area (Å²) in [6.45, 7) is 2.99. The van der Waals surface area contributed by atoms with E-state index in [0.717, 1.165) is 13.0 Å². The second-order valence-corrected chi connectivity index (χ2v) is 2.78. The third-order valence-electron chi connectivity index (χ3n) is 2.01. The minimum absolute atomic E-state index is 0.583. The smallest absolute Gasteiger partial charge is 0.116 e. The lowest BCUT2D eigenvalue weighted by Crippen LogP contribution is -2.49. The summed E-state index contributed by atoms with van der Waals surface area (Å²) in [7, 11) is 0. The van der Waals surface area contributed by atoms with Crippen LogP contribution < -0.4 is 11.1 Å². The first-order valence-corrected chi connectivity index (χ1v) is 3.29. The summed E-state index contributed by atoms with van der Waals surface area (Å²) in [5, 5.41) is 3.03. The van der Waals surface area contributed by atoms with Crippen molar-refractivity contribution in [3.63, 3.8) is 0 Å². The van der Waals surface area contributed by atoms with Crippen LogP contribution in [-0.2, 0) is 0 Å². The molecule has 0 aliphatic carbocycles. The van der Waals surface area contributed by atoms with Crippen molar-refractivity contribution >= 4 is 0 Å². The van der Waals surface area contributed by atoms with Gasteiger partial charge >= 0.3 is 0 Å². The number of hydrogen-bond donors (Lipinski definition) is 2. The van der Waals surface area contributed by atoms with Crippen molar-refractivity contribution < 1.29 is 4.39 Å². The van der Waals surface area contributed by atoms with E-state index in [1.165, 1.54) is 6.92 Å². The number of halogens is 1. The van der Waals surface area contributed by atoms with Gasteiger partial charge in [-0.25, -0.2) is 4.39 Å². The van der Waals surface area contributed by atoms with E-state index in [9.17, 15) is 4.39 Å². The lowest BCUT2D eigenvalue weighted by atomic mass is 9.95. The molecule has 1 aliphatic heterocycles. The van der Waals surface area contributed by atoms with E-state index in [0.29, 0.717) is 6.54 Å². The highest BCUT2D eigenvalue weighted by atomic mass is 19.1. The molecule has 0 aromatic carbocycles. The summed E-state index contributed by atoms with van der Waals surface area (Å²) in [6.07, 6.45) is -0.141. The van der Waals surface area contributed by atoms with Crippen LogP contribution in [0.4, 0.5) is 4.39 Å². The second kappa shape index (κ2) is 2.23. The van der Waals surface area contributed by atoms with Gasteiger partial charge < -0.3 is 11.1 Å². The van der Waals surface area contributed by atoms with E-state index in [2.05, 4.69) is 5.32 Å². The van der Waals surface area contributed by atoms with Crippen LogP contribution in [0.1, 0.15) is 13.3 Å². The van der Waals surface area contributed by atoms with Gasteiger partial charge in [-0.2, -0.15) is 0 Å². The fraction of sp³-hybridized carbons (Fsp3) is 1.00. The number of hydrogen-bond acceptors (Lipinski definition) is 2. The van der Waals surface area contributed by atoms with Crippen molar-refractivity contribution in [2.75, 3.05) is 13.1 Å². The molecule has 1 aliphatic rings. The van der Waals surface area contributed by atoms with E-state index < -0.39 is 11.7 Å². The summed E-state index contributed by atoms with van der Waals surface area (Å²) >= 11 is 0. The van der Waals surface area contributed by atoms with Crippen LogP contribution in [0.15, 0.2) is 0 Å². The number of rotatable bonds is 1. The summed E-state index contributed by atoms with van der Waals surface area (Å²) in [5.74, 6) is 0. The van der Waals surface area contributed by atoms with Gasteiger partial charge in [0.2, 0.25) is 0 Å². The highest BCUT2D eigenvalue weighted by molar-refractivity contribution is 4.96. The molecule has 2 atom stereocenters. The molecule has 1 saturated heterocycles. The molecular formula is C6H13FN2. The van der Waals surface area contributed by atoms with Crippen LogP contribution in [0, 0.1) is 0 Å². The van der Waals surface area contributed by atoms with Crippen molar-refractivity contribution in [2.24, 2.45) is 5.73 Å². The maximum Gasteiger partial charge on any atom is 0.116 e. The van der Waals surface area contributed by atoms with Crippen molar-refractivity contribution in [1.29, 1.82) is 0 Å². The monoisotopic (exact) mass is 132 g/mol. The Labute approximate surface area is 54.6 Å². The summed E-state index contributed by atoms with van der Waals surface area (Å²) < 4.78 is 12.6. The Morgan fingerprint density at radius 1 is 1.78 bits per heavy atom. The Bertz CT molecular complexity index is 97.2. The van der Waals surface area contributed by atoms with Crippen LogP contribution in [0.5, 0.6) is 0 Å². The maximum atomic E-state index is 12.6. The van der Waals surface area contributed by atoms with E-state index in [4.69, 9.17) is 5.73 Å². The SMILES string of the molecule is CC(F)C1(N)CCNC1. The van der Waals surface area contributed by atoms with E-state index >= 15 is 0 Å². The molecule has 3 heteroatoms. The van der Waals surface area contributed by atoms with Gasteiger partial charge in [0.05, 0.1) is 5.54 Å².